The van der Waals surface area contributed by atoms with E-state index in [1.165, 1.54) is 19.3 Å². The lowest BCUT2D eigenvalue weighted by molar-refractivity contribution is -0.135. The third kappa shape index (κ3) is 5.62. The lowest BCUT2D eigenvalue weighted by Gasteiger charge is -2.39. The van der Waals surface area contributed by atoms with Crippen molar-refractivity contribution in [3.63, 3.8) is 0 Å². The zero-order valence-corrected chi connectivity index (χ0v) is 16.5. The van der Waals surface area contributed by atoms with Crippen molar-refractivity contribution < 1.29 is 9.53 Å². The Labute approximate surface area is 163 Å². The number of carbonyl (C=O) groups excluding carboxylic acids is 1. The summed E-state index contributed by atoms with van der Waals surface area (Å²) in [5.74, 6) is 1.79. The third-order valence-corrected chi connectivity index (χ3v) is 6.07. The second kappa shape index (κ2) is 10.2. The van der Waals surface area contributed by atoms with Gasteiger partial charge >= 0.3 is 0 Å². The Morgan fingerprint density at radius 1 is 1.12 bits per heavy atom. The number of ether oxygens (including phenoxy) is 1. The molecule has 1 saturated heterocycles. The average molecular weight is 381 g/mol. The lowest BCUT2D eigenvalue weighted by Crippen LogP contribution is -2.44. The molecule has 0 aromatic heterocycles. The summed E-state index contributed by atoms with van der Waals surface area (Å²) in [6.45, 7) is 3.13. The highest BCUT2D eigenvalue weighted by Crippen LogP contribution is 2.39. The fourth-order valence-corrected chi connectivity index (χ4v) is 4.27. The minimum absolute atomic E-state index is 0. The van der Waals surface area contributed by atoms with Crippen LogP contribution in [0.1, 0.15) is 51.4 Å². The number of piperidine rings is 1. The standard InChI is InChI=1S/C21H32N2O2.ClH/c22-17-21(11-5-2-6-12-21)15-20(24)23-13-9-18(10-14-23)16-25-19-7-3-1-4-8-19;/h1,3-4,7-8,18H,2,5-6,9-17,22H2;1H. The fraction of sp³-hybridized carbons (Fsp3) is 0.667. The van der Waals surface area contributed by atoms with Crippen LogP contribution >= 0.6 is 12.4 Å². The number of nitrogens with zero attached hydrogens (tertiary/aromatic N) is 1. The highest BCUT2D eigenvalue weighted by atomic mass is 35.5. The molecular formula is C21H33ClN2O2. The van der Waals surface area contributed by atoms with Crippen molar-refractivity contribution in [1.29, 1.82) is 0 Å². The summed E-state index contributed by atoms with van der Waals surface area (Å²) in [4.78, 5) is 14.8. The fourth-order valence-electron chi connectivity index (χ4n) is 4.27. The van der Waals surface area contributed by atoms with Gasteiger partial charge in [0.2, 0.25) is 5.91 Å². The van der Waals surface area contributed by atoms with Crippen LogP contribution in [-0.4, -0.2) is 37.0 Å². The maximum Gasteiger partial charge on any atom is 0.223 e. The summed E-state index contributed by atoms with van der Waals surface area (Å²) in [6, 6.07) is 9.98. The lowest BCUT2D eigenvalue weighted by atomic mass is 9.71. The van der Waals surface area contributed by atoms with E-state index in [1.807, 2.05) is 30.3 Å². The van der Waals surface area contributed by atoms with E-state index in [0.717, 1.165) is 51.1 Å². The van der Waals surface area contributed by atoms with E-state index < -0.39 is 0 Å². The molecule has 0 spiro atoms. The van der Waals surface area contributed by atoms with Crippen LogP contribution in [0, 0.1) is 11.3 Å². The molecule has 0 radical (unpaired) electrons. The quantitative estimate of drug-likeness (QED) is 0.810. The van der Waals surface area contributed by atoms with Gasteiger partial charge in [0.05, 0.1) is 6.61 Å². The van der Waals surface area contributed by atoms with Crippen LogP contribution in [-0.2, 0) is 4.79 Å². The predicted octanol–water partition coefficient (Wildman–Crippen LogP) is 4.03. The van der Waals surface area contributed by atoms with Crippen LogP contribution in [0.4, 0.5) is 0 Å². The Bertz CT molecular complexity index is 538. The number of para-hydroxylation sites is 1. The summed E-state index contributed by atoms with van der Waals surface area (Å²) >= 11 is 0. The summed E-state index contributed by atoms with van der Waals surface area (Å²) < 4.78 is 5.88. The molecule has 1 aliphatic heterocycles. The van der Waals surface area contributed by atoms with Crippen LogP contribution in [0.25, 0.3) is 0 Å². The highest BCUT2D eigenvalue weighted by molar-refractivity contribution is 5.85. The van der Waals surface area contributed by atoms with Crippen LogP contribution in [0.5, 0.6) is 5.75 Å². The summed E-state index contributed by atoms with van der Waals surface area (Å²) in [5, 5.41) is 0. The maximum absolute atomic E-state index is 12.8. The Morgan fingerprint density at radius 2 is 1.77 bits per heavy atom. The Morgan fingerprint density at radius 3 is 2.38 bits per heavy atom. The molecule has 1 aliphatic carbocycles. The molecule has 2 N–H and O–H groups in total. The van der Waals surface area contributed by atoms with Crippen molar-refractivity contribution in [2.45, 2.75) is 51.4 Å². The average Bonchev–Trinajstić information content (AvgIpc) is 2.68. The van der Waals surface area contributed by atoms with Crippen molar-refractivity contribution in [3.05, 3.63) is 30.3 Å². The van der Waals surface area contributed by atoms with Crippen LogP contribution in [0.3, 0.4) is 0 Å². The SMILES string of the molecule is Cl.NCC1(CC(=O)N2CCC(COc3ccccc3)CC2)CCCCC1. The Hall–Kier alpha value is -1.26. The van der Waals surface area contributed by atoms with E-state index in [2.05, 4.69) is 4.90 Å². The van der Waals surface area contributed by atoms with Crippen LogP contribution in [0.15, 0.2) is 30.3 Å². The smallest absolute Gasteiger partial charge is 0.223 e. The zero-order chi connectivity index (χ0) is 17.5. The van der Waals surface area contributed by atoms with E-state index in [9.17, 15) is 4.79 Å². The number of nitrogens with two attached hydrogens (primary N) is 1. The predicted molar refractivity (Wildman–Crippen MR) is 108 cm³/mol. The first-order chi connectivity index (χ1) is 12.2. The van der Waals surface area contributed by atoms with Gasteiger partial charge in [-0.25, -0.2) is 0 Å². The normalized spacial score (nSPS) is 20.3. The molecule has 3 rings (SSSR count). The number of benzene rings is 1. The van der Waals surface area contributed by atoms with Crippen LogP contribution < -0.4 is 10.5 Å². The van der Waals surface area contributed by atoms with Crippen LogP contribution in [0.2, 0.25) is 0 Å². The first kappa shape index (κ1) is 21.0. The van der Waals surface area contributed by atoms with Gasteiger partial charge in [0, 0.05) is 19.5 Å². The van der Waals surface area contributed by atoms with Crippen molar-refractivity contribution in [2.75, 3.05) is 26.2 Å². The molecule has 5 heteroatoms. The minimum Gasteiger partial charge on any atom is -0.493 e. The Balaban J connectivity index is 0.00000243. The zero-order valence-electron chi connectivity index (χ0n) is 15.7. The van der Waals surface area contributed by atoms with E-state index in [0.29, 0.717) is 24.8 Å². The first-order valence-corrected chi connectivity index (χ1v) is 9.86. The number of carbonyl (C=O) groups is 1. The van der Waals surface area contributed by atoms with Gasteiger partial charge in [-0.3, -0.25) is 4.79 Å². The van der Waals surface area contributed by atoms with Crippen molar-refractivity contribution >= 4 is 18.3 Å². The van der Waals surface area contributed by atoms with Crippen molar-refractivity contribution in [2.24, 2.45) is 17.1 Å². The van der Waals surface area contributed by atoms with Gasteiger partial charge in [0.1, 0.15) is 5.75 Å². The molecular weight excluding hydrogens is 348 g/mol. The largest absolute Gasteiger partial charge is 0.493 e. The van der Waals surface area contributed by atoms with Gasteiger partial charge in [-0.1, -0.05) is 37.5 Å². The number of halogens is 1. The third-order valence-electron chi connectivity index (χ3n) is 6.07. The summed E-state index contributed by atoms with van der Waals surface area (Å²) in [6.07, 6.45) is 8.71. The molecule has 0 bridgehead atoms. The molecule has 4 nitrogen and oxygen atoms in total. The molecule has 1 amide bonds. The molecule has 146 valence electrons. The number of amides is 1. The van der Waals surface area contributed by atoms with E-state index in [1.54, 1.807) is 0 Å². The van der Waals surface area contributed by atoms with E-state index in [-0.39, 0.29) is 17.8 Å². The van der Waals surface area contributed by atoms with E-state index >= 15 is 0 Å². The molecule has 2 fully saturated rings. The molecule has 0 unspecified atom stereocenters. The van der Waals surface area contributed by atoms with Crippen molar-refractivity contribution in [1.82, 2.24) is 4.90 Å². The molecule has 1 heterocycles. The summed E-state index contributed by atoms with van der Waals surface area (Å²) in [7, 11) is 0. The Kier molecular flexibility index (Phi) is 8.23. The second-order valence-electron chi connectivity index (χ2n) is 7.89. The molecule has 2 aliphatic rings. The topological polar surface area (TPSA) is 55.6 Å². The van der Waals surface area contributed by atoms with Gasteiger partial charge < -0.3 is 15.4 Å². The molecule has 0 atom stereocenters. The second-order valence-corrected chi connectivity index (χ2v) is 7.89. The van der Waals surface area contributed by atoms with Gasteiger partial charge in [-0.2, -0.15) is 0 Å². The van der Waals surface area contributed by atoms with E-state index in [4.69, 9.17) is 10.5 Å². The molecule has 26 heavy (non-hydrogen) atoms. The highest BCUT2D eigenvalue weighted by Gasteiger charge is 2.35. The minimum atomic E-state index is 0. The molecule has 1 saturated carbocycles. The maximum atomic E-state index is 12.8. The number of hydrogen-bond acceptors (Lipinski definition) is 3. The number of likely N-dealkylation sites (tertiary alicyclic amines) is 1. The van der Waals surface area contributed by atoms with Gasteiger partial charge in [0.25, 0.3) is 0 Å². The first-order valence-electron chi connectivity index (χ1n) is 9.86. The number of hydrogen-bond donors (Lipinski definition) is 1. The molecule has 1 aromatic rings. The van der Waals surface area contributed by atoms with Crippen molar-refractivity contribution in [3.8, 4) is 5.75 Å². The molecule has 1 aromatic carbocycles. The van der Waals surface area contributed by atoms with Gasteiger partial charge in [-0.15, -0.1) is 12.4 Å². The van der Waals surface area contributed by atoms with Gasteiger partial charge in [-0.05, 0) is 55.7 Å². The number of rotatable bonds is 6. The van der Waals surface area contributed by atoms with Gasteiger partial charge in [0.15, 0.2) is 0 Å². The summed E-state index contributed by atoms with van der Waals surface area (Å²) in [5.41, 5.74) is 6.12. The monoisotopic (exact) mass is 380 g/mol.